The summed E-state index contributed by atoms with van der Waals surface area (Å²) in [5, 5.41) is 5.71. The molecule has 0 saturated heterocycles. The van der Waals surface area contributed by atoms with Gasteiger partial charge in [-0.1, -0.05) is 29.3 Å². The Kier molecular flexibility index (Phi) is 4.05. The molecule has 0 unspecified atom stereocenters. The van der Waals surface area contributed by atoms with Crippen LogP contribution in [0.5, 0.6) is 0 Å². The monoisotopic (exact) mass is 285 g/mol. The Morgan fingerprint density at radius 2 is 1.94 bits per heavy atom. The van der Waals surface area contributed by atoms with Crippen LogP contribution in [-0.2, 0) is 11.2 Å². The van der Waals surface area contributed by atoms with Crippen molar-refractivity contribution >= 4 is 46.1 Å². The molecule has 1 heterocycles. The lowest BCUT2D eigenvalue weighted by Crippen LogP contribution is -2.13. The maximum Gasteiger partial charge on any atom is 0.229 e. The van der Waals surface area contributed by atoms with E-state index in [9.17, 15) is 4.79 Å². The average Bonchev–Trinajstić information content (AvgIpc) is 2.67. The third kappa shape index (κ3) is 3.73. The molecular formula is C12H9Cl2NOS. The number of amides is 1. The molecule has 1 N–H and O–H groups in total. The van der Waals surface area contributed by atoms with Crippen molar-refractivity contribution in [3.63, 3.8) is 0 Å². The van der Waals surface area contributed by atoms with Crippen molar-refractivity contribution in [3.05, 3.63) is 50.6 Å². The van der Waals surface area contributed by atoms with Gasteiger partial charge in [0.2, 0.25) is 5.91 Å². The van der Waals surface area contributed by atoms with Gasteiger partial charge in [0.1, 0.15) is 0 Å². The maximum atomic E-state index is 11.7. The Balaban J connectivity index is 2.03. The van der Waals surface area contributed by atoms with Crippen molar-refractivity contribution in [1.29, 1.82) is 0 Å². The van der Waals surface area contributed by atoms with Gasteiger partial charge in [0, 0.05) is 20.6 Å². The predicted octanol–water partition coefficient (Wildman–Crippen LogP) is 4.24. The first-order valence-electron chi connectivity index (χ1n) is 4.92. The molecule has 17 heavy (non-hydrogen) atoms. The molecule has 0 atom stereocenters. The van der Waals surface area contributed by atoms with Gasteiger partial charge in [-0.2, -0.15) is 0 Å². The highest BCUT2D eigenvalue weighted by Gasteiger charge is 2.06. The van der Waals surface area contributed by atoms with E-state index in [1.807, 2.05) is 17.5 Å². The zero-order valence-electron chi connectivity index (χ0n) is 8.74. The summed E-state index contributed by atoms with van der Waals surface area (Å²) in [5.74, 6) is -0.0780. The van der Waals surface area contributed by atoms with E-state index in [1.165, 1.54) is 0 Å². The molecule has 88 valence electrons. The van der Waals surface area contributed by atoms with Crippen LogP contribution in [0.15, 0.2) is 35.7 Å². The Morgan fingerprint density at radius 3 is 2.53 bits per heavy atom. The molecule has 0 fully saturated rings. The molecule has 0 aliphatic carbocycles. The van der Waals surface area contributed by atoms with Crippen molar-refractivity contribution in [2.75, 3.05) is 5.32 Å². The highest BCUT2D eigenvalue weighted by atomic mass is 35.5. The molecule has 2 rings (SSSR count). The average molecular weight is 286 g/mol. The predicted molar refractivity (Wildman–Crippen MR) is 73.1 cm³/mol. The second-order valence-corrected chi connectivity index (χ2v) is 5.37. The Morgan fingerprint density at radius 1 is 1.24 bits per heavy atom. The van der Waals surface area contributed by atoms with E-state index in [1.54, 1.807) is 29.5 Å². The molecule has 1 aromatic heterocycles. The standard InChI is InChI=1S/C12H9Cl2NOS/c13-8-4-9(14)6-10(5-8)15-12(16)7-11-2-1-3-17-11/h1-6H,7H2,(H,15,16). The van der Waals surface area contributed by atoms with Crippen LogP contribution in [0.2, 0.25) is 10.0 Å². The van der Waals surface area contributed by atoms with Crippen LogP contribution in [0, 0.1) is 0 Å². The second-order valence-electron chi connectivity index (χ2n) is 3.46. The van der Waals surface area contributed by atoms with E-state index < -0.39 is 0 Å². The molecule has 5 heteroatoms. The van der Waals surface area contributed by atoms with Gasteiger partial charge in [-0.3, -0.25) is 4.79 Å². The molecule has 0 radical (unpaired) electrons. The minimum Gasteiger partial charge on any atom is -0.326 e. The quantitative estimate of drug-likeness (QED) is 0.898. The first kappa shape index (κ1) is 12.4. The molecule has 0 spiro atoms. The van der Waals surface area contributed by atoms with Crippen molar-refractivity contribution in [2.24, 2.45) is 0 Å². The summed E-state index contributed by atoms with van der Waals surface area (Å²) in [7, 11) is 0. The fraction of sp³-hybridized carbons (Fsp3) is 0.0833. The fourth-order valence-electron chi connectivity index (χ4n) is 1.40. The van der Waals surface area contributed by atoms with Crippen LogP contribution in [0.1, 0.15) is 4.88 Å². The molecule has 0 aliphatic heterocycles. The van der Waals surface area contributed by atoms with E-state index in [2.05, 4.69) is 5.32 Å². The Hall–Kier alpha value is -1.03. The number of carbonyl (C=O) groups excluding carboxylic acids is 1. The van der Waals surface area contributed by atoms with E-state index in [0.29, 0.717) is 22.2 Å². The van der Waals surface area contributed by atoms with E-state index in [4.69, 9.17) is 23.2 Å². The first-order chi connectivity index (χ1) is 8.13. The smallest absolute Gasteiger partial charge is 0.229 e. The number of rotatable bonds is 3. The summed E-state index contributed by atoms with van der Waals surface area (Å²) in [6.07, 6.45) is 0.363. The van der Waals surface area contributed by atoms with Crippen LogP contribution in [0.3, 0.4) is 0 Å². The van der Waals surface area contributed by atoms with Crippen LogP contribution < -0.4 is 5.32 Å². The molecule has 1 amide bonds. The van der Waals surface area contributed by atoms with Gasteiger partial charge < -0.3 is 5.32 Å². The van der Waals surface area contributed by atoms with Crippen molar-refractivity contribution < 1.29 is 4.79 Å². The third-order valence-electron chi connectivity index (χ3n) is 2.06. The number of anilines is 1. The minimum absolute atomic E-state index is 0.0780. The van der Waals surface area contributed by atoms with Gasteiger partial charge in [-0.05, 0) is 29.6 Å². The van der Waals surface area contributed by atoms with Crippen molar-refractivity contribution in [3.8, 4) is 0 Å². The van der Waals surface area contributed by atoms with Crippen LogP contribution >= 0.6 is 34.5 Å². The SMILES string of the molecule is O=C(Cc1cccs1)Nc1cc(Cl)cc(Cl)c1. The number of hydrogen-bond donors (Lipinski definition) is 1. The lowest BCUT2D eigenvalue weighted by Gasteiger charge is -2.05. The third-order valence-corrected chi connectivity index (χ3v) is 3.37. The van der Waals surface area contributed by atoms with Gasteiger partial charge >= 0.3 is 0 Å². The summed E-state index contributed by atoms with van der Waals surface area (Å²) in [6.45, 7) is 0. The van der Waals surface area contributed by atoms with Crippen LogP contribution in [0.25, 0.3) is 0 Å². The van der Waals surface area contributed by atoms with Gasteiger partial charge in [0.05, 0.1) is 6.42 Å². The zero-order valence-corrected chi connectivity index (χ0v) is 11.1. The number of thiophene rings is 1. The van der Waals surface area contributed by atoms with Crippen LogP contribution in [0.4, 0.5) is 5.69 Å². The van der Waals surface area contributed by atoms with Crippen molar-refractivity contribution in [2.45, 2.75) is 6.42 Å². The minimum atomic E-state index is -0.0780. The Labute approximate surface area is 113 Å². The van der Waals surface area contributed by atoms with Gasteiger partial charge in [0.25, 0.3) is 0 Å². The number of halogens is 2. The molecule has 2 aromatic rings. The number of hydrogen-bond acceptors (Lipinski definition) is 2. The summed E-state index contributed by atoms with van der Waals surface area (Å²) < 4.78 is 0. The molecular weight excluding hydrogens is 277 g/mol. The van der Waals surface area contributed by atoms with Gasteiger partial charge in [0.15, 0.2) is 0 Å². The molecule has 0 bridgehead atoms. The Bertz CT molecular complexity index is 505. The van der Waals surface area contributed by atoms with Crippen LogP contribution in [-0.4, -0.2) is 5.91 Å². The lowest BCUT2D eigenvalue weighted by molar-refractivity contribution is -0.115. The largest absolute Gasteiger partial charge is 0.326 e. The van der Waals surface area contributed by atoms with E-state index in [0.717, 1.165) is 4.88 Å². The number of benzene rings is 1. The molecule has 0 aliphatic rings. The highest BCUT2D eigenvalue weighted by molar-refractivity contribution is 7.10. The maximum absolute atomic E-state index is 11.7. The molecule has 1 aromatic carbocycles. The molecule has 0 saturated carbocycles. The summed E-state index contributed by atoms with van der Waals surface area (Å²) in [4.78, 5) is 12.7. The first-order valence-corrected chi connectivity index (χ1v) is 6.55. The van der Waals surface area contributed by atoms with Crippen molar-refractivity contribution in [1.82, 2.24) is 0 Å². The summed E-state index contributed by atoms with van der Waals surface area (Å²) in [5.41, 5.74) is 0.615. The number of carbonyl (C=O) groups is 1. The molecule has 2 nitrogen and oxygen atoms in total. The van der Waals surface area contributed by atoms with Gasteiger partial charge in [-0.25, -0.2) is 0 Å². The lowest BCUT2D eigenvalue weighted by atomic mass is 10.3. The summed E-state index contributed by atoms with van der Waals surface area (Å²) >= 11 is 13.2. The second kappa shape index (κ2) is 5.54. The van der Waals surface area contributed by atoms with E-state index in [-0.39, 0.29) is 5.91 Å². The van der Waals surface area contributed by atoms with Gasteiger partial charge in [-0.15, -0.1) is 11.3 Å². The summed E-state index contributed by atoms with van der Waals surface area (Å²) in [6, 6.07) is 8.80. The highest BCUT2D eigenvalue weighted by Crippen LogP contribution is 2.22. The van der Waals surface area contributed by atoms with E-state index >= 15 is 0 Å². The zero-order chi connectivity index (χ0) is 12.3. The normalized spacial score (nSPS) is 10.2. The number of nitrogens with one attached hydrogen (secondary N) is 1. The fourth-order valence-corrected chi connectivity index (χ4v) is 2.63. The topological polar surface area (TPSA) is 29.1 Å².